The lowest BCUT2D eigenvalue weighted by Crippen LogP contribution is -2.30. The molecule has 0 aliphatic rings. The zero-order chi connectivity index (χ0) is 20.9. The van der Waals surface area contributed by atoms with Crippen molar-refractivity contribution in [1.82, 2.24) is 4.31 Å². The van der Waals surface area contributed by atoms with Gasteiger partial charge in [0.15, 0.2) is 6.10 Å². The number of anilines is 1. The van der Waals surface area contributed by atoms with Gasteiger partial charge in [-0.3, -0.25) is 4.79 Å². The van der Waals surface area contributed by atoms with Crippen LogP contribution in [0, 0.1) is 11.3 Å². The van der Waals surface area contributed by atoms with Gasteiger partial charge in [0.25, 0.3) is 5.91 Å². The third kappa shape index (κ3) is 4.94. The summed E-state index contributed by atoms with van der Waals surface area (Å²) in [4.78, 5) is 24.5. The molecule has 28 heavy (non-hydrogen) atoms. The summed E-state index contributed by atoms with van der Waals surface area (Å²) < 4.78 is 30.5. The highest BCUT2D eigenvalue weighted by Gasteiger charge is 2.21. The Morgan fingerprint density at radius 2 is 1.82 bits per heavy atom. The first-order valence-electron chi connectivity index (χ1n) is 8.19. The zero-order valence-corrected chi connectivity index (χ0v) is 16.4. The number of carbonyl (C=O) groups is 2. The van der Waals surface area contributed by atoms with Crippen LogP contribution in [0.25, 0.3) is 0 Å². The van der Waals surface area contributed by atoms with Crippen LogP contribution >= 0.6 is 0 Å². The van der Waals surface area contributed by atoms with Crippen molar-refractivity contribution < 1.29 is 22.7 Å². The molecule has 0 saturated heterocycles. The standard InChI is InChI=1S/C19H19N3O5S/c1-13(27-19(24)15-7-4-6-14(10-15)12-20)18(23)21-16-8-5-9-17(11-16)28(25,26)22(2)3/h4-11,13H,1-3H3,(H,21,23)/t13-/m0/s1. The third-order valence-corrected chi connectivity index (χ3v) is 5.57. The number of esters is 1. The minimum Gasteiger partial charge on any atom is -0.449 e. The van der Waals surface area contributed by atoms with Gasteiger partial charge in [0.1, 0.15) is 0 Å². The summed E-state index contributed by atoms with van der Waals surface area (Å²) in [7, 11) is -0.834. The predicted octanol–water partition coefficient (Wildman–Crippen LogP) is 1.99. The van der Waals surface area contributed by atoms with Crippen molar-refractivity contribution in [3.63, 3.8) is 0 Å². The normalized spacial score (nSPS) is 12.1. The van der Waals surface area contributed by atoms with E-state index in [9.17, 15) is 18.0 Å². The molecular weight excluding hydrogens is 382 g/mol. The maximum absolute atomic E-state index is 12.3. The lowest BCUT2D eigenvalue weighted by Gasteiger charge is -2.15. The molecule has 0 unspecified atom stereocenters. The monoisotopic (exact) mass is 401 g/mol. The van der Waals surface area contributed by atoms with Crippen molar-refractivity contribution in [2.75, 3.05) is 19.4 Å². The first-order valence-corrected chi connectivity index (χ1v) is 9.63. The Morgan fingerprint density at radius 1 is 1.14 bits per heavy atom. The van der Waals surface area contributed by atoms with E-state index in [2.05, 4.69) is 5.32 Å². The highest BCUT2D eigenvalue weighted by atomic mass is 32.2. The van der Waals surface area contributed by atoms with Crippen LogP contribution in [0.2, 0.25) is 0 Å². The lowest BCUT2D eigenvalue weighted by atomic mass is 10.1. The van der Waals surface area contributed by atoms with Gasteiger partial charge < -0.3 is 10.1 Å². The molecule has 8 nitrogen and oxygen atoms in total. The molecule has 0 bridgehead atoms. The van der Waals surface area contributed by atoms with Crippen LogP contribution in [0.3, 0.4) is 0 Å². The van der Waals surface area contributed by atoms with Gasteiger partial charge in [-0.05, 0) is 43.3 Å². The molecule has 1 atom stereocenters. The van der Waals surface area contributed by atoms with Gasteiger partial charge in [-0.15, -0.1) is 0 Å². The number of hydrogen-bond donors (Lipinski definition) is 1. The fourth-order valence-electron chi connectivity index (χ4n) is 2.19. The number of ether oxygens (including phenoxy) is 1. The van der Waals surface area contributed by atoms with Gasteiger partial charge in [-0.25, -0.2) is 17.5 Å². The first-order chi connectivity index (χ1) is 13.1. The van der Waals surface area contributed by atoms with Crippen LogP contribution in [0.4, 0.5) is 5.69 Å². The van der Waals surface area contributed by atoms with E-state index in [1.807, 2.05) is 6.07 Å². The van der Waals surface area contributed by atoms with Crippen LogP contribution in [0.1, 0.15) is 22.8 Å². The Balaban J connectivity index is 2.08. The number of nitrogens with zero attached hydrogens (tertiary/aromatic N) is 2. The molecule has 146 valence electrons. The van der Waals surface area contributed by atoms with E-state index >= 15 is 0 Å². The maximum atomic E-state index is 12.3. The van der Waals surface area contributed by atoms with Crippen LogP contribution in [0.5, 0.6) is 0 Å². The predicted molar refractivity (Wildman–Crippen MR) is 102 cm³/mol. The number of rotatable bonds is 6. The van der Waals surface area contributed by atoms with Gasteiger partial charge in [0, 0.05) is 19.8 Å². The van der Waals surface area contributed by atoms with Gasteiger partial charge in [0.2, 0.25) is 10.0 Å². The van der Waals surface area contributed by atoms with E-state index in [1.165, 1.54) is 63.5 Å². The van der Waals surface area contributed by atoms with Crippen molar-refractivity contribution in [3.05, 3.63) is 59.7 Å². The molecule has 0 aliphatic carbocycles. The quantitative estimate of drug-likeness (QED) is 0.740. The highest BCUT2D eigenvalue weighted by Crippen LogP contribution is 2.18. The fraction of sp³-hybridized carbons (Fsp3) is 0.211. The topological polar surface area (TPSA) is 117 Å². The number of hydrogen-bond acceptors (Lipinski definition) is 6. The largest absolute Gasteiger partial charge is 0.449 e. The SMILES string of the molecule is C[C@H](OC(=O)c1cccc(C#N)c1)C(=O)Nc1cccc(S(=O)(=O)N(C)C)c1. The summed E-state index contributed by atoms with van der Waals surface area (Å²) in [6, 6.07) is 13.6. The number of carbonyl (C=O) groups excluding carboxylic acids is 2. The molecule has 2 rings (SSSR count). The molecule has 0 heterocycles. The minimum absolute atomic E-state index is 0.0215. The molecule has 0 spiro atoms. The Hall–Kier alpha value is -3.22. The number of nitrogens with one attached hydrogen (secondary N) is 1. The average Bonchev–Trinajstić information content (AvgIpc) is 2.67. The Morgan fingerprint density at radius 3 is 2.46 bits per heavy atom. The van der Waals surface area contributed by atoms with E-state index in [0.29, 0.717) is 5.56 Å². The summed E-state index contributed by atoms with van der Waals surface area (Å²) >= 11 is 0. The van der Waals surface area contributed by atoms with E-state index in [-0.39, 0.29) is 16.1 Å². The molecule has 1 N–H and O–H groups in total. The molecular formula is C19H19N3O5S. The lowest BCUT2D eigenvalue weighted by molar-refractivity contribution is -0.123. The van der Waals surface area contributed by atoms with Crippen LogP contribution < -0.4 is 5.32 Å². The second kappa shape index (κ2) is 8.65. The molecule has 0 fully saturated rings. The third-order valence-electron chi connectivity index (χ3n) is 3.76. The molecule has 0 aliphatic heterocycles. The van der Waals surface area contributed by atoms with Crippen molar-refractivity contribution in [1.29, 1.82) is 5.26 Å². The second-order valence-electron chi connectivity index (χ2n) is 6.04. The van der Waals surface area contributed by atoms with Gasteiger partial charge >= 0.3 is 5.97 Å². The molecule has 2 aromatic rings. The number of amides is 1. The summed E-state index contributed by atoms with van der Waals surface area (Å²) in [5, 5.41) is 11.4. The smallest absolute Gasteiger partial charge is 0.338 e. The number of sulfonamides is 1. The van der Waals surface area contributed by atoms with E-state index in [0.717, 1.165) is 4.31 Å². The average molecular weight is 401 g/mol. The molecule has 0 aromatic heterocycles. The number of benzene rings is 2. The van der Waals surface area contributed by atoms with Crippen molar-refractivity contribution in [2.45, 2.75) is 17.9 Å². The van der Waals surface area contributed by atoms with Crippen LogP contribution in [-0.4, -0.2) is 44.8 Å². The summed E-state index contributed by atoms with van der Waals surface area (Å²) in [6.07, 6.45) is -1.13. The van der Waals surface area contributed by atoms with E-state index in [4.69, 9.17) is 10.00 Å². The van der Waals surface area contributed by atoms with Gasteiger partial charge in [0.05, 0.1) is 22.1 Å². The van der Waals surface area contributed by atoms with Crippen molar-refractivity contribution in [3.8, 4) is 6.07 Å². The Kier molecular flexibility index (Phi) is 6.51. The maximum Gasteiger partial charge on any atom is 0.338 e. The fourth-order valence-corrected chi connectivity index (χ4v) is 3.13. The number of nitriles is 1. The molecule has 9 heteroatoms. The molecule has 2 aromatic carbocycles. The first kappa shape index (κ1) is 21.1. The highest BCUT2D eigenvalue weighted by molar-refractivity contribution is 7.89. The summed E-state index contributed by atoms with van der Waals surface area (Å²) in [5.41, 5.74) is 0.700. The van der Waals surface area contributed by atoms with Gasteiger partial charge in [-0.2, -0.15) is 5.26 Å². The Bertz CT molecular complexity index is 1040. The van der Waals surface area contributed by atoms with E-state index in [1.54, 1.807) is 6.07 Å². The van der Waals surface area contributed by atoms with Crippen LogP contribution in [-0.2, 0) is 19.6 Å². The molecule has 0 saturated carbocycles. The van der Waals surface area contributed by atoms with Crippen LogP contribution in [0.15, 0.2) is 53.4 Å². The zero-order valence-electron chi connectivity index (χ0n) is 15.5. The molecule has 1 amide bonds. The second-order valence-corrected chi connectivity index (χ2v) is 8.20. The van der Waals surface area contributed by atoms with Crippen molar-refractivity contribution in [2.24, 2.45) is 0 Å². The minimum atomic E-state index is -3.65. The van der Waals surface area contributed by atoms with Gasteiger partial charge in [-0.1, -0.05) is 12.1 Å². The molecule has 0 radical (unpaired) electrons. The summed E-state index contributed by atoms with van der Waals surface area (Å²) in [5.74, 6) is -1.37. The van der Waals surface area contributed by atoms with Crippen molar-refractivity contribution >= 4 is 27.6 Å². The van der Waals surface area contributed by atoms with E-state index < -0.39 is 28.0 Å². The Labute approximate surface area is 163 Å². The summed E-state index contributed by atoms with van der Waals surface area (Å²) in [6.45, 7) is 1.39.